The normalized spacial score (nSPS) is 11.3. The molecule has 2 rings (SSSR count). The molecule has 0 aliphatic carbocycles. The number of nitrogens with one attached hydrogen (secondary N) is 1. The topological polar surface area (TPSA) is 74.9 Å². The first-order valence-electron chi connectivity index (χ1n) is 6.24. The predicted molar refractivity (Wildman–Crippen MR) is 80.5 cm³/mol. The van der Waals surface area contributed by atoms with Gasteiger partial charge in [-0.15, -0.1) is 0 Å². The molecular formula is C14H14ClN3O2S. The molecule has 110 valence electrons. The van der Waals surface area contributed by atoms with Crippen LogP contribution in [0.15, 0.2) is 41.3 Å². The van der Waals surface area contributed by atoms with Crippen LogP contribution in [0.25, 0.3) is 0 Å². The lowest BCUT2D eigenvalue weighted by Crippen LogP contribution is -2.26. The zero-order chi connectivity index (χ0) is 15.5. The van der Waals surface area contributed by atoms with Crippen molar-refractivity contribution in [2.75, 3.05) is 6.54 Å². The Bertz CT molecular complexity index is 774. The molecule has 2 aromatic rings. The van der Waals surface area contributed by atoms with E-state index in [0.717, 1.165) is 5.69 Å². The van der Waals surface area contributed by atoms with Gasteiger partial charge in [-0.2, -0.15) is 5.26 Å². The Morgan fingerprint density at radius 3 is 2.48 bits per heavy atom. The molecule has 1 aromatic carbocycles. The highest BCUT2D eigenvalue weighted by Crippen LogP contribution is 2.14. The van der Waals surface area contributed by atoms with Crippen LogP contribution >= 0.6 is 11.6 Å². The first-order chi connectivity index (χ1) is 9.94. The summed E-state index contributed by atoms with van der Waals surface area (Å²) >= 11 is 5.74. The van der Waals surface area contributed by atoms with Gasteiger partial charge >= 0.3 is 0 Å². The van der Waals surface area contributed by atoms with Crippen LogP contribution in [-0.2, 0) is 23.5 Å². The Labute approximate surface area is 128 Å². The molecule has 0 fully saturated rings. The van der Waals surface area contributed by atoms with Crippen molar-refractivity contribution in [1.29, 1.82) is 5.26 Å². The molecule has 1 aromatic heterocycles. The lowest BCUT2D eigenvalue weighted by atomic mass is 10.3. The highest BCUT2D eigenvalue weighted by atomic mass is 35.5. The standard InChI is InChI=1S/C14H14ClN3O2S/c1-18-12(4-5-13(18)10-16)8-9-17-21(19,20)14-6-2-11(15)3-7-14/h2-7,17H,8-9H2,1H3. The van der Waals surface area contributed by atoms with Crippen molar-refractivity contribution in [3.05, 3.63) is 52.8 Å². The fraction of sp³-hybridized carbons (Fsp3) is 0.214. The monoisotopic (exact) mass is 323 g/mol. The van der Waals surface area contributed by atoms with E-state index in [9.17, 15) is 8.42 Å². The van der Waals surface area contributed by atoms with E-state index in [1.165, 1.54) is 24.3 Å². The molecule has 0 unspecified atom stereocenters. The summed E-state index contributed by atoms with van der Waals surface area (Å²) in [6.45, 7) is 0.258. The zero-order valence-corrected chi connectivity index (χ0v) is 12.9. The van der Waals surface area contributed by atoms with Crippen LogP contribution < -0.4 is 4.72 Å². The molecule has 0 amide bonds. The van der Waals surface area contributed by atoms with E-state index in [4.69, 9.17) is 16.9 Å². The molecule has 0 spiro atoms. The molecule has 0 aliphatic heterocycles. The minimum atomic E-state index is -3.54. The third kappa shape index (κ3) is 3.64. The van der Waals surface area contributed by atoms with Crippen molar-refractivity contribution in [2.24, 2.45) is 7.05 Å². The predicted octanol–water partition coefficient (Wildman–Crippen LogP) is 2.07. The number of nitrogens with zero attached hydrogens (tertiary/aromatic N) is 2. The number of rotatable bonds is 5. The lowest BCUT2D eigenvalue weighted by Gasteiger charge is -2.08. The number of hydrogen-bond acceptors (Lipinski definition) is 3. The summed E-state index contributed by atoms with van der Waals surface area (Å²) in [5.41, 5.74) is 1.44. The molecule has 0 bridgehead atoms. The van der Waals surface area contributed by atoms with Gasteiger partial charge in [0, 0.05) is 30.7 Å². The van der Waals surface area contributed by atoms with Gasteiger partial charge in [0.25, 0.3) is 0 Å². The molecule has 0 saturated carbocycles. The average Bonchev–Trinajstić information content (AvgIpc) is 2.80. The second-order valence-electron chi connectivity index (χ2n) is 4.48. The van der Waals surface area contributed by atoms with Gasteiger partial charge in [-0.3, -0.25) is 0 Å². The zero-order valence-electron chi connectivity index (χ0n) is 11.4. The first kappa shape index (κ1) is 15.6. The van der Waals surface area contributed by atoms with Crippen LogP contribution in [0.2, 0.25) is 5.02 Å². The highest BCUT2D eigenvalue weighted by Gasteiger charge is 2.13. The Morgan fingerprint density at radius 2 is 1.90 bits per heavy atom. The van der Waals surface area contributed by atoms with Gasteiger partial charge in [0.15, 0.2) is 0 Å². The van der Waals surface area contributed by atoms with Gasteiger partial charge in [-0.25, -0.2) is 13.1 Å². The van der Waals surface area contributed by atoms with Crippen LogP contribution in [0.3, 0.4) is 0 Å². The Balaban J connectivity index is 2.01. The summed E-state index contributed by atoms with van der Waals surface area (Å²) in [6.07, 6.45) is 0.505. The molecule has 7 heteroatoms. The molecule has 0 saturated heterocycles. The van der Waals surface area contributed by atoms with E-state index in [0.29, 0.717) is 17.1 Å². The number of hydrogen-bond donors (Lipinski definition) is 1. The largest absolute Gasteiger partial charge is 0.340 e. The fourth-order valence-corrected chi connectivity index (χ4v) is 3.09. The quantitative estimate of drug-likeness (QED) is 0.915. The van der Waals surface area contributed by atoms with Crippen molar-refractivity contribution >= 4 is 21.6 Å². The van der Waals surface area contributed by atoms with Crippen LogP contribution in [0.1, 0.15) is 11.4 Å². The third-order valence-corrected chi connectivity index (χ3v) is 4.87. The van der Waals surface area contributed by atoms with Crippen molar-refractivity contribution in [2.45, 2.75) is 11.3 Å². The van der Waals surface area contributed by atoms with Gasteiger partial charge in [-0.1, -0.05) is 11.6 Å². The van der Waals surface area contributed by atoms with E-state index in [-0.39, 0.29) is 11.4 Å². The molecule has 0 radical (unpaired) electrons. The minimum Gasteiger partial charge on any atom is -0.340 e. The number of nitriles is 1. The van der Waals surface area contributed by atoms with E-state index in [2.05, 4.69) is 10.8 Å². The van der Waals surface area contributed by atoms with Gasteiger partial charge in [-0.05, 0) is 36.4 Å². The fourth-order valence-electron chi connectivity index (χ4n) is 1.93. The van der Waals surface area contributed by atoms with E-state index < -0.39 is 10.0 Å². The Kier molecular flexibility index (Phi) is 4.68. The maximum absolute atomic E-state index is 12.1. The van der Waals surface area contributed by atoms with E-state index in [1.807, 2.05) is 6.07 Å². The molecule has 5 nitrogen and oxygen atoms in total. The number of aromatic nitrogens is 1. The Morgan fingerprint density at radius 1 is 1.24 bits per heavy atom. The molecular weight excluding hydrogens is 310 g/mol. The summed E-state index contributed by atoms with van der Waals surface area (Å²) in [5.74, 6) is 0. The first-order valence-corrected chi connectivity index (χ1v) is 8.10. The number of halogens is 1. The molecule has 0 atom stereocenters. The average molecular weight is 324 g/mol. The van der Waals surface area contributed by atoms with Crippen LogP contribution in [0.5, 0.6) is 0 Å². The molecule has 1 heterocycles. The minimum absolute atomic E-state index is 0.177. The summed E-state index contributed by atoms with van der Waals surface area (Å²) in [4.78, 5) is 0.177. The van der Waals surface area contributed by atoms with E-state index >= 15 is 0 Å². The van der Waals surface area contributed by atoms with Crippen molar-refractivity contribution in [3.8, 4) is 6.07 Å². The van der Waals surface area contributed by atoms with Crippen molar-refractivity contribution in [1.82, 2.24) is 9.29 Å². The maximum atomic E-state index is 12.1. The van der Waals surface area contributed by atoms with Crippen molar-refractivity contribution in [3.63, 3.8) is 0 Å². The highest BCUT2D eigenvalue weighted by molar-refractivity contribution is 7.89. The smallest absolute Gasteiger partial charge is 0.240 e. The summed E-state index contributed by atoms with van der Waals surface area (Å²) in [7, 11) is -1.76. The molecule has 1 N–H and O–H groups in total. The third-order valence-electron chi connectivity index (χ3n) is 3.14. The van der Waals surface area contributed by atoms with Crippen LogP contribution in [-0.4, -0.2) is 19.5 Å². The summed E-state index contributed by atoms with van der Waals surface area (Å²) in [6, 6.07) is 11.6. The van der Waals surface area contributed by atoms with Crippen LogP contribution in [0, 0.1) is 11.3 Å². The molecule has 21 heavy (non-hydrogen) atoms. The maximum Gasteiger partial charge on any atom is 0.240 e. The van der Waals surface area contributed by atoms with E-state index in [1.54, 1.807) is 17.7 Å². The van der Waals surface area contributed by atoms with Gasteiger partial charge in [0.1, 0.15) is 11.8 Å². The van der Waals surface area contributed by atoms with Gasteiger partial charge in [0.05, 0.1) is 4.90 Å². The summed E-state index contributed by atoms with van der Waals surface area (Å²) < 4.78 is 28.4. The second kappa shape index (κ2) is 6.31. The Hall–Kier alpha value is -1.81. The van der Waals surface area contributed by atoms with Crippen molar-refractivity contribution < 1.29 is 8.42 Å². The summed E-state index contributed by atoms with van der Waals surface area (Å²) in [5, 5.41) is 9.35. The lowest BCUT2D eigenvalue weighted by molar-refractivity contribution is 0.580. The number of benzene rings is 1. The number of sulfonamides is 1. The van der Waals surface area contributed by atoms with Gasteiger partial charge < -0.3 is 4.57 Å². The van der Waals surface area contributed by atoms with Crippen LogP contribution in [0.4, 0.5) is 0 Å². The second-order valence-corrected chi connectivity index (χ2v) is 6.69. The van der Waals surface area contributed by atoms with Gasteiger partial charge in [0.2, 0.25) is 10.0 Å². The SMILES string of the molecule is Cn1c(C#N)ccc1CCNS(=O)(=O)c1ccc(Cl)cc1. The molecule has 0 aliphatic rings.